The Morgan fingerprint density at radius 2 is 2.12 bits per heavy atom. The maximum Gasteiger partial charge on any atom is 0.167 e. The van der Waals surface area contributed by atoms with E-state index < -0.39 is 0 Å². The number of Topliss-reactive ketones (excluding diaryl/α,β-unsaturated/α-hetero) is 1. The van der Waals surface area contributed by atoms with Gasteiger partial charge in [0.05, 0.1) is 19.8 Å². The van der Waals surface area contributed by atoms with Crippen molar-refractivity contribution < 1.29 is 14.3 Å². The van der Waals surface area contributed by atoms with E-state index in [2.05, 4.69) is 5.92 Å². The van der Waals surface area contributed by atoms with Gasteiger partial charge in [-0.25, -0.2) is 0 Å². The number of hydrogen-bond donors (Lipinski definition) is 0. The maximum absolute atomic E-state index is 11.8. The Bertz CT molecular complexity index is 416. The van der Waals surface area contributed by atoms with Crippen LogP contribution < -0.4 is 9.47 Å². The van der Waals surface area contributed by atoms with Gasteiger partial charge in [-0.05, 0) is 18.2 Å². The minimum atomic E-state index is -0.0336. The number of hydrogen-bond acceptors (Lipinski definition) is 3. The van der Waals surface area contributed by atoms with Crippen molar-refractivity contribution >= 4 is 5.78 Å². The highest BCUT2D eigenvalue weighted by molar-refractivity contribution is 5.99. The van der Waals surface area contributed by atoms with Crippen LogP contribution in [0.5, 0.6) is 11.5 Å². The van der Waals surface area contributed by atoms with Crippen LogP contribution in [-0.2, 0) is 0 Å². The molecule has 0 aliphatic heterocycles. The molecule has 3 heteroatoms. The number of methoxy groups -OCH3 is 2. The molecule has 1 rings (SSSR count). The standard InChI is InChI=1S/C13H14O3/c1-4-5-6-12(14)11-9-10(15-2)7-8-13(11)16-3/h1,7-9H,5-6H2,2-3H3. The summed E-state index contributed by atoms with van der Waals surface area (Å²) in [6.45, 7) is 0. The summed E-state index contributed by atoms with van der Waals surface area (Å²) in [5, 5.41) is 0. The Hall–Kier alpha value is -1.95. The first-order valence-electron chi connectivity index (χ1n) is 4.91. The van der Waals surface area contributed by atoms with Crippen LogP contribution in [0.2, 0.25) is 0 Å². The summed E-state index contributed by atoms with van der Waals surface area (Å²) in [5.74, 6) is 3.58. The van der Waals surface area contributed by atoms with Gasteiger partial charge in [-0.3, -0.25) is 4.79 Å². The van der Waals surface area contributed by atoms with Crippen molar-refractivity contribution in [3.8, 4) is 23.8 Å². The normalized spacial score (nSPS) is 9.31. The van der Waals surface area contributed by atoms with Crippen molar-refractivity contribution in [2.45, 2.75) is 12.8 Å². The molecule has 0 aromatic heterocycles. The number of carbonyl (C=O) groups is 1. The average molecular weight is 218 g/mol. The quantitative estimate of drug-likeness (QED) is 0.562. The van der Waals surface area contributed by atoms with Crippen LogP contribution in [0.4, 0.5) is 0 Å². The SMILES string of the molecule is C#CCCC(=O)c1cc(OC)ccc1OC. The molecule has 0 bridgehead atoms. The molecule has 0 amide bonds. The molecule has 0 unspecified atom stereocenters. The van der Waals surface area contributed by atoms with Crippen LogP contribution in [0.25, 0.3) is 0 Å². The van der Waals surface area contributed by atoms with E-state index in [-0.39, 0.29) is 5.78 Å². The Morgan fingerprint density at radius 3 is 2.69 bits per heavy atom. The van der Waals surface area contributed by atoms with Crippen molar-refractivity contribution in [3.63, 3.8) is 0 Å². The second-order valence-corrected chi connectivity index (χ2v) is 3.19. The molecule has 0 N–H and O–H groups in total. The van der Waals surface area contributed by atoms with Crippen LogP contribution in [-0.4, -0.2) is 20.0 Å². The lowest BCUT2D eigenvalue weighted by Gasteiger charge is -2.08. The first-order chi connectivity index (χ1) is 7.72. The Balaban J connectivity index is 2.99. The van der Waals surface area contributed by atoms with Gasteiger partial charge in [0, 0.05) is 12.8 Å². The summed E-state index contributed by atoms with van der Waals surface area (Å²) in [6, 6.07) is 5.12. The molecule has 1 aromatic rings. The average Bonchev–Trinajstić information content (AvgIpc) is 2.35. The Morgan fingerprint density at radius 1 is 1.38 bits per heavy atom. The van der Waals surface area contributed by atoms with E-state index in [0.717, 1.165) is 0 Å². The van der Waals surface area contributed by atoms with E-state index in [0.29, 0.717) is 29.9 Å². The van der Waals surface area contributed by atoms with E-state index in [1.807, 2.05) is 0 Å². The fourth-order valence-electron chi connectivity index (χ4n) is 1.35. The lowest BCUT2D eigenvalue weighted by atomic mass is 10.1. The molecule has 0 heterocycles. The van der Waals surface area contributed by atoms with Gasteiger partial charge in [-0.2, -0.15) is 0 Å². The van der Waals surface area contributed by atoms with E-state index >= 15 is 0 Å². The minimum Gasteiger partial charge on any atom is -0.497 e. The van der Waals surface area contributed by atoms with Gasteiger partial charge in [-0.15, -0.1) is 12.3 Å². The van der Waals surface area contributed by atoms with Crippen LogP contribution in [0.1, 0.15) is 23.2 Å². The molecule has 3 nitrogen and oxygen atoms in total. The molecule has 0 aliphatic carbocycles. The third kappa shape index (κ3) is 2.77. The summed E-state index contributed by atoms with van der Waals surface area (Å²) in [4.78, 5) is 11.8. The highest BCUT2D eigenvalue weighted by atomic mass is 16.5. The first-order valence-corrected chi connectivity index (χ1v) is 4.91. The highest BCUT2D eigenvalue weighted by Crippen LogP contribution is 2.25. The summed E-state index contributed by atoms with van der Waals surface area (Å²) in [6.07, 6.45) is 5.87. The number of carbonyl (C=O) groups excluding carboxylic acids is 1. The monoisotopic (exact) mass is 218 g/mol. The lowest BCUT2D eigenvalue weighted by molar-refractivity contribution is 0.0981. The predicted molar refractivity (Wildman–Crippen MR) is 61.9 cm³/mol. The molecule has 0 atom stereocenters. The van der Waals surface area contributed by atoms with Gasteiger partial charge in [0.1, 0.15) is 11.5 Å². The fraction of sp³-hybridized carbons (Fsp3) is 0.308. The highest BCUT2D eigenvalue weighted by Gasteiger charge is 2.12. The van der Waals surface area contributed by atoms with Crippen molar-refractivity contribution in [1.29, 1.82) is 0 Å². The van der Waals surface area contributed by atoms with Gasteiger partial charge in [0.2, 0.25) is 0 Å². The number of rotatable bonds is 5. The second-order valence-electron chi connectivity index (χ2n) is 3.19. The zero-order valence-electron chi connectivity index (χ0n) is 9.45. The van der Waals surface area contributed by atoms with Crippen molar-refractivity contribution in [3.05, 3.63) is 23.8 Å². The Labute approximate surface area is 95.4 Å². The zero-order valence-corrected chi connectivity index (χ0v) is 9.45. The van der Waals surface area contributed by atoms with E-state index in [4.69, 9.17) is 15.9 Å². The fourth-order valence-corrected chi connectivity index (χ4v) is 1.35. The number of ketones is 1. The van der Waals surface area contributed by atoms with Gasteiger partial charge in [0.15, 0.2) is 5.78 Å². The number of benzene rings is 1. The molecule has 84 valence electrons. The molecule has 0 spiro atoms. The van der Waals surface area contributed by atoms with Crippen LogP contribution in [0.3, 0.4) is 0 Å². The third-order valence-corrected chi connectivity index (χ3v) is 2.20. The van der Waals surface area contributed by atoms with E-state index in [1.165, 1.54) is 7.11 Å². The largest absolute Gasteiger partial charge is 0.497 e. The zero-order chi connectivity index (χ0) is 12.0. The lowest BCUT2D eigenvalue weighted by Crippen LogP contribution is -2.02. The molecule has 0 saturated heterocycles. The van der Waals surface area contributed by atoms with Crippen LogP contribution >= 0.6 is 0 Å². The third-order valence-electron chi connectivity index (χ3n) is 2.20. The minimum absolute atomic E-state index is 0.0336. The topological polar surface area (TPSA) is 35.5 Å². The summed E-state index contributed by atoms with van der Waals surface area (Å²) in [5.41, 5.74) is 0.511. The molecular weight excluding hydrogens is 204 g/mol. The van der Waals surface area contributed by atoms with Crippen LogP contribution in [0.15, 0.2) is 18.2 Å². The summed E-state index contributed by atoms with van der Waals surface area (Å²) in [7, 11) is 3.08. The van der Waals surface area contributed by atoms with Crippen molar-refractivity contribution in [1.82, 2.24) is 0 Å². The summed E-state index contributed by atoms with van der Waals surface area (Å²) < 4.78 is 10.2. The van der Waals surface area contributed by atoms with Crippen LogP contribution in [0, 0.1) is 12.3 Å². The maximum atomic E-state index is 11.8. The molecule has 0 aliphatic rings. The molecule has 0 saturated carbocycles. The molecule has 16 heavy (non-hydrogen) atoms. The predicted octanol–water partition coefficient (Wildman–Crippen LogP) is 2.30. The molecular formula is C13H14O3. The van der Waals surface area contributed by atoms with E-state index in [9.17, 15) is 4.79 Å². The Kier molecular flexibility index (Phi) is 4.41. The molecule has 1 aromatic carbocycles. The van der Waals surface area contributed by atoms with Gasteiger partial charge < -0.3 is 9.47 Å². The van der Waals surface area contributed by atoms with Gasteiger partial charge in [0.25, 0.3) is 0 Å². The van der Waals surface area contributed by atoms with Gasteiger partial charge in [-0.1, -0.05) is 0 Å². The number of terminal acetylenes is 1. The van der Waals surface area contributed by atoms with E-state index in [1.54, 1.807) is 25.3 Å². The van der Waals surface area contributed by atoms with Crippen molar-refractivity contribution in [2.24, 2.45) is 0 Å². The smallest absolute Gasteiger partial charge is 0.167 e. The number of ether oxygens (including phenoxy) is 2. The first kappa shape index (κ1) is 12.1. The van der Waals surface area contributed by atoms with Gasteiger partial charge >= 0.3 is 0 Å². The summed E-state index contributed by atoms with van der Waals surface area (Å²) >= 11 is 0. The molecule has 0 radical (unpaired) electrons. The molecule has 0 fully saturated rings. The van der Waals surface area contributed by atoms with Crippen molar-refractivity contribution in [2.75, 3.05) is 14.2 Å². The second kappa shape index (κ2) is 5.82.